The Hall–Kier alpha value is -3.13. The van der Waals surface area contributed by atoms with Gasteiger partial charge in [0.2, 0.25) is 0 Å². The molecule has 0 spiro atoms. The molecule has 0 saturated carbocycles. The van der Waals surface area contributed by atoms with Gasteiger partial charge in [0.15, 0.2) is 11.4 Å². The Morgan fingerprint density at radius 3 is 2.26 bits per heavy atom. The van der Waals surface area contributed by atoms with Crippen LogP contribution in [0.25, 0.3) is 38.6 Å². The smallest absolute Gasteiger partial charge is 0.225 e. The molecule has 0 saturated heterocycles. The minimum atomic E-state index is -3.65. The van der Waals surface area contributed by atoms with Gasteiger partial charge in [0, 0.05) is 49.2 Å². The quantitative estimate of drug-likeness (QED) is 0.214. The van der Waals surface area contributed by atoms with E-state index < -0.39 is 38.2 Å². The average Bonchev–Trinajstić information content (AvgIpc) is 3.17. The van der Waals surface area contributed by atoms with Crippen molar-refractivity contribution in [3.8, 4) is 11.3 Å². The zero-order valence-corrected chi connectivity index (χ0v) is 17.2. The number of hydrogen-bond acceptors (Lipinski definition) is 0. The van der Waals surface area contributed by atoms with E-state index in [2.05, 4.69) is 0 Å². The first-order valence-corrected chi connectivity index (χ1v) is 10.2. The zero-order valence-electron chi connectivity index (χ0n) is 29.2. The highest BCUT2D eigenvalue weighted by atomic mass is 15.1. The molecule has 0 bridgehead atoms. The van der Waals surface area contributed by atoms with Crippen molar-refractivity contribution in [1.82, 2.24) is 4.40 Å². The monoisotopic (exact) mass is 417 g/mol. The molecule has 154 valence electrons. The number of fused-ring (bicyclic) bond motifs is 3. The van der Waals surface area contributed by atoms with Gasteiger partial charge in [-0.15, -0.1) is 0 Å². The van der Waals surface area contributed by atoms with Crippen molar-refractivity contribution in [3.63, 3.8) is 0 Å². The highest BCUT2D eigenvalue weighted by molar-refractivity contribution is 6.13. The zero-order chi connectivity index (χ0) is 31.7. The van der Waals surface area contributed by atoms with Crippen LogP contribution in [-0.4, -0.2) is 4.40 Å². The number of benzene rings is 3. The third-order valence-electron chi connectivity index (χ3n) is 6.73. The molecule has 1 aliphatic heterocycles. The number of nitrogens with zero attached hydrogens (tertiary/aromatic N) is 2. The van der Waals surface area contributed by atoms with Crippen LogP contribution in [0.5, 0.6) is 0 Å². The maximum Gasteiger partial charge on any atom is 0.295 e. The largest absolute Gasteiger partial charge is 0.295 e. The van der Waals surface area contributed by atoms with Crippen LogP contribution in [0.4, 0.5) is 0 Å². The highest BCUT2D eigenvalue weighted by Gasteiger charge is 2.52. The van der Waals surface area contributed by atoms with E-state index in [1.165, 1.54) is 16.5 Å². The Bertz CT molecular complexity index is 1910. The summed E-state index contributed by atoms with van der Waals surface area (Å²) in [6, 6.07) is 18.5. The third-order valence-corrected chi connectivity index (χ3v) is 6.73. The van der Waals surface area contributed by atoms with E-state index in [1.54, 1.807) is 48.0 Å². The van der Waals surface area contributed by atoms with Gasteiger partial charge in [-0.3, -0.25) is 0 Å². The van der Waals surface area contributed by atoms with Crippen molar-refractivity contribution in [3.05, 3.63) is 83.6 Å². The van der Waals surface area contributed by atoms with Gasteiger partial charge in [-0.1, -0.05) is 94.1 Å². The first kappa shape index (κ1) is 9.99. The summed E-state index contributed by atoms with van der Waals surface area (Å²) in [5.74, 6) is 0. The first-order valence-electron chi connectivity index (χ1n) is 16.2. The molecule has 3 aromatic carbocycles. The van der Waals surface area contributed by atoms with Gasteiger partial charge in [-0.25, -0.2) is 4.57 Å². The predicted octanol–water partition coefficient (Wildman–Crippen LogP) is 6.61. The molecule has 2 heteroatoms. The molecule has 5 aromatic rings. The van der Waals surface area contributed by atoms with E-state index in [0.717, 1.165) is 5.56 Å². The van der Waals surface area contributed by atoms with Crippen molar-refractivity contribution < 1.29 is 21.0 Å². The second kappa shape index (κ2) is 5.76. The first-order chi connectivity index (χ1) is 19.8. The fourth-order valence-electron chi connectivity index (χ4n) is 5.27. The lowest BCUT2D eigenvalue weighted by Crippen LogP contribution is -2.44. The van der Waals surface area contributed by atoms with Crippen molar-refractivity contribution in [1.29, 1.82) is 0 Å². The van der Waals surface area contributed by atoms with Gasteiger partial charge in [-0.05, 0) is 12.5 Å². The third kappa shape index (κ3) is 2.06. The van der Waals surface area contributed by atoms with E-state index in [0.29, 0.717) is 27.4 Å². The number of para-hydroxylation sites is 1. The van der Waals surface area contributed by atoms with Crippen LogP contribution in [0.2, 0.25) is 0 Å². The molecule has 0 amide bonds. The summed E-state index contributed by atoms with van der Waals surface area (Å²) in [6.07, 6.45) is 0. The molecule has 2 nitrogen and oxygen atoms in total. The lowest BCUT2D eigenvalue weighted by Gasteiger charge is -2.43. The standard InChI is InChI=1S/C29H29N2/c1-18-12-10-15-20-21-16-11-17-22-25(21)31-26(29(4,5)28(22,2)3)24(19-13-8-7-9-14-19)30(6)27(31)23(18)20/h7-17H,1-6H3/q+1/i2D3,3D3,4D3,5D3. The molecule has 2 aromatic heterocycles. The Labute approximate surface area is 200 Å². The van der Waals surface area contributed by atoms with Crippen molar-refractivity contribution >= 4 is 27.3 Å². The van der Waals surface area contributed by atoms with Crippen LogP contribution >= 0.6 is 0 Å². The van der Waals surface area contributed by atoms with Crippen molar-refractivity contribution in [2.24, 2.45) is 7.05 Å². The molecule has 0 unspecified atom stereocenters. The van der Waals surface area contributed by atoms with Crippen molar-refractivity contribution in [2.75, 3.05) is 0 Å². The Morgan fingerprint density at radius 1 is 0.806 bits per heavy atom. The molecule has 1 aliphatic rings. The molecule has 6 rings (SSSR count). The predicted molar refractivity (Wildman–Crippen MR) is 130 cm³/mol. The van der Waals surface area contributed by atoms with Crippen LogP contribution in [0.15, 0.2) is 66.7 Å². The normalized spacial score (nSPS) is 23.9. The van der Waals surface area contributed by atoms with E-state index in [1.807, 2.05) is 25.1 Å². The number of aryl methyl sites for hydroxylation is 2. The highest BCUT2D eigenvalue weighted by Crippen LogP contribution is 2.53. The maximum absolute atomic E-state index is 8.97. The number of hydrogen-bond donors (Lipinski definition) is 0. The summed E-state index contributed by atoms with van der Waals surface area (Å²) in [5.41, 5.74) is -5.57. The van der Waals surface area contributed by atoms with Crippen molar-refractivity contribution in [2.45, 2.75) is 45.2 Å². The molecule has 0 N–H and O–H groups in total. The average molecular weight is 418 g/mol. The molecule has 0 radical (unpaired) electrons. The van der Waals surface area contributed by atoms with Crippen LogP contribution in [0.1, 0.15) is 60.7 Å². The van der Waals surface area contributed by atoms with E-state index in [4.69, 9.17) is 16.4 Å². The Morgan fingerprint density at radius 2 is 1.52 bits per heavy atom. The van der Waals surface area contributed by atoms with Gasteiger partial charge in [0.25, 0.3) is 5.65 Å². The lowest BCUT2D eigenvalue weighted by molar-refractivity contribution is -0.632. The van der Waals surface area contributed by atoms with Gasteiger partial charge >= 0.3 is 0 Å². The SMILES string of the molecule is [2H]C([2H])([2H])C1(C([2H])([2H])[2H])c2cccc3c4cccc(C)c4c4n(c(c(-c5ccccc5)[n+]4C)C1(C([2H])([2H])[2H])C([2H])([2H])[2H])c23. The molecule has 3 heterocycles. The number of pyridine rings is 1. The fourth-order valence-corrected chi connectivity index (χ4v) is 5.27. The van der Waals surface area contributed by atoms with Crippen LogP contribution < -0.4 is 4.57 Å². The molecule has 0 aliphatic carbocycles. The number of imidazole rings is 1. The molecular formula is C29H29N2+. The van der Waals surface area contributed by atoms with Gasteiger partial charge in [0.05, 0.1) is 12.4 Å². The molecule has 31 heavy (non-hydrogen) atoms. The number of aromatic nitrogens is 2. The van der Waals surface area contributed by atoms with Crippen LogP contribution in [-0.2, 0) is 17.9 Å². The summed E-state index contributed by atoms with van der Waals surface area (Å²) in [5, 5.41) is 1.89. The Kier molecular flexibility index (Phi) is 1.86. The summed E-state index contributed by atoms with van der Waals surface area (Å²) in [4.78, 5) is 0. The topological polar surface area (TPSA) is 8.29 Å². The van der Waals surface area contributed by atoms with E-state index in [-0.39, 0.29) is 22.5 Å². The number of rotatable bonds is 1. The van der Waals surface area contributed by atoms with Gasteiger partial charge < -0.3 is 0 Å². The summed E-state index contributed by atoms with van der Waals surface area (Å²) in [6.45, 7) is -12.6. The van der Waals surface area contributed by atoms with Gasteiger partial charge in [-0.2, -0.15) is 4.40 Å². The maximum atomic E-state index is 8.97. The second-order valence-corrected chi connectivity index (χ2v) is 8.48. The summed E-state index contributed by atoms with van der Waals surface area (Å²) >= 11 is 0. The summed E-state index contributed by atoms with van der Waals surface area (Å²) in [7, 11) is 1.67. The fraction of sp³-hybridized carbons (Fsp3) is 0.276. The van der Waals surface area contributed by atoms with E-state index in [9.17, 15) is 0 Å². The lowest BCUT2D eigenvalue weighted by atomic mass is 9.60. The van der Waals surface area contributed by atoms with E-state index >= 15 is 0 Å². The van der Waals surface area contributed by atoms with Gasteiger partial charge in [0.1, 0.15) is 5.52 Å². The van der Waals surface area contributed by atoms with Crippen LogP contribution in [0, 0.1) is 6.92 Å². The molecular weight excluding hydrogens is 376 g/mol. The Balaban J connectivity index is 2.16. The summed E-state index contributed by atoms with van der Waals surface area (Å²) < 4.78 is 110. The minimum Gasteiger partial charge on any atom is -0.225 e. The molecule has 0 fully saturated rings. The second-order valence-electron chi connectivity index (χ2n) is 8.48. The van der Waals surface area contributed by atoms with Crippen LogP contribution in [0.3, 0.4) is 0 Å². The molecule has 0 atom stereocenters. The minimum absolute atomic E-state index is 0.122.